The van der Waals surface area contributed by atoms with E-state index in [1.165, 1.54) is 0 Å². The van der Waals surface area contributed by atoms with Crippen molar-refractivity contribution in [3.8, 4) is 0 Å². The van der Waals surface area contributed by atoms with Crippen LogP contribution >= 0.6 is 0 Å². The van der Waals surface area contributed by atoms with Crippen molar-refractivity contribution in [2.75, 3.05) is 0 Å². The number of hydrazine groups is 2. The van der Waals surface area contributed by atoms with Crippen molar-refractivity contribution in [3.05, 3.63) is 6.42 Å². The summed E-state index contributed by atoms with van der Waals surface area (Å²) in [7, 11) is 0. The average molecular weight is 229 g/mol. The Morgan fingerprint density at radius 2 is 1.56 bits per heavy atom. The van der Waals surface area contributed by atoms with E-state index in [9.17, 15) is 9.59 Å². The van der Waals surface area contributed by atoms with E-state index in [2.05, 4.69) is 0 Å². The Hall–Kier alpha value is -1.54. The molecule has 1 fully saturated rings. The van der Waals surface area contributed by atoms with Gasteiger partial charge in [-0.05, 0) is 25.7 Å². The van der Waals surface area contributed by atoms with Crippen LogP contribution in [0.3, 0.4) is 0 Å². The Morgan fingerprint density at radius 1 is 1.06 bits per heavy atom. The van der Waals surface area contributed by atoms with Crippen molar-refractivity contribution in [1.29, 1.82) is 0 Å². The molecule has 0 bridgehead atoms. The van der Waals surface area contributed by atoms with Gasteiger partial charge in [-0.1, -0.05) is 0 Å². The minimum atomic E-state index is -0.761. The minimum Gasteiger partial charge on any atom is -0.350 e. The molecule has 1 radical (unpaired) electrons. The van der Waals surface area contributed by atoms with E-state index in [1.807, 2.05) is 6.42 Å². The summed E-state index contributed by atoms with van der Waals surface area (Å²) in [6.45, 7) is 0. The molecule has 16 heavy (non-hydrogen) atoms. The molecule has 0 spiro atoms. The molecule has 2 atom stereocenters. The van der Waals surface area contributed by atoms with Gasteiger partial charge in [-0.15, -0.1) is 0 Å². The standard InChI is InChI=1S/C8H17N6O2/c9-7(15)13(11)5-3-1-2-4-6(5)14(12)8(10)16/h1,5-6H,2-4,11-12H2,(H2,9,15)(H2,10,16). The van der Waals surface area contributed by atoms with Gasteiger partial charge in [0.25, 0.3) is 0 Å². The first-order valence-electron chi connectivity index (χ1n) is 4.93. The molecule has 8 N–H and O–H groups in total. The quantitative estimate of drug-likeness (QED) is 0.262. The van der Waals surface area contributed by atoms with Gasteiger partial charge in [0, 0.05) is 0 Å². The third kappa shape index (κ3) is 2.52. The minimum absolute atomic E-state index is 0.403. The highest BCUT2D eigenvalue weighted by molar-refractivity contribution is 5.73. The SMILES string of the molecule is NC(=O)N(N)C1C[CH]CCC1N(N)C(N)=O. The van der Waals surface area contributed by atoms with Crippen LogP contribution in [0.15, 0.2) is 0 Å². The Labute approximate surface area is 93.4 Å². The maximum absolute atomic E-state index is 11.0. The lowest BCUT2D eigenvalue weighted by atomic mass is 9.89. The smallest absolute Gasteiger partial charge is 0.329 e. The molecule has 0 aromatic rings. The molecule has 0 saturated heterocycles. The van der Waals surface area contributed by atoms with Crippen molar-refractivity contribution < 1.29 is 9.59 Å². The second-order valence-corrected chi connectivity index (χ2v) is 3.73. The zero-order valence-corrected chi connectivity index (χ0v) is 8.87. The Balaban J connectivity index is 2.78. The molecule has 8 heteroatoms. The van der Waals surface area contributed by atoms with Crippen LogP contribution in [0.5, 0.6) is 0 Å². The third-order valence-corrected chi connectivity index (χ3v) is 2.74. The summed E-state index contributed by atoms with van der Waals surface area (Å²) in [6, 6.07) is -2.35. The second kappa shape index (κ2) is 4.99. The molecule has 4 amide bonds. The van der Waals surface area contributed by atoms with Crippen LogP contribution in [0.4, 0.5) is 9.59 Å². The first kappa shape index (κ1) is 12.5. The van der Waals surface area contributed by atoms with Crippen LogP contribution in [0.1, 0.15) is 19.3 Å². The normalized spacial score (nSPS) is 24.9. The molecular formula is C8H17N6O2. The first-order chi connectivity index (χ1) is 7.45. The number of primary amides is 2. The molecule has 0 aromatic carbocycles. The van der Waals surface area contributed by atoms with Gasteiger partial charge in [-0.3, -0.25) is 10.0 Å². The topological polar surface area (TPSA) is 145 Å². The number of nitrogens with zero attached hydrogens (tertiary/aromatic N) is 2. The zero-order valence-electron chi connectivity index (χ0n) is 8.87. The summed E-state index contributed by atoms with van der Waals surface area (Å²) in [5, 5.41) is 1.80. The van der Waals surface area contributed by atoms with Gasteiger partial charge in [0.15, 0.2) is 0 Å². The number of carbonyl (C=O) groups excluding carboxylic acids is 2. The van der Waals surface area contributed by atoms with Gasteiger partial charge in [-0.25, -0.2) is 21.3 Å². The lowest BCUT2D eigenvalue weighted by Gasteiger charge is -2.39. The predicted octanol–water partition coefficient (Wildman–Crippen LogP) is -1.38. The van der Waals surface area contributed by atoms with Gasteiger partial charge < -0.3 is 11.5 Å². The number of urea groups is 2. The number of hydrogen-bond donors (Lipinski definition) is 4. The number of amides is 4. The van der Waals surface area contributed by atoms with E-state index < -0.39 is 24.1 Å². The molecule has 1 rings (SSSR count). The zero-order chi connectivity index (χ0) is 12.3. The van der Waals surface area contributed by atoms with Crippen LogP contribution in [-0.4, -0.2) is 34.2 Å². The molecule has 0 aromatic heterocycles. The molecule has 2 unspecified atom stereocenters. The van der Waals surface area contributed by atoms with Gasteiger partial charge in [0.05, 0.1) is 12.1 Å². The van der Waals surface area contributed by atoms with Crippen LogP contribution in [0.25, 0.3) is 0 Å². The lowest BCUT2D eigenvalue weighted by Crippen LogP contribution is -2.62. The lowest BCUT2D eigenvalue weighted by molar-refractivity contribution is 0.0964. The molecule has 1 aliphatic carbocycles. The number of hydrogen-bond acceptors (Lipinski definition) is 4. The van der Waals surface area contributed by atoms with Crippen LogP contribution in [0.2, 0.25) is 0 Å². The van der Waals surface area contributed by atoms with Crippen LogP contribution in [-0.2, 0) is 0 Å². The fourth-order valence-electron chi connectivity index (χ4n) is 1.88. The average Bonchev–Trinajstić information content (AvgIpc) is 2.26. The summed E-state index contributed by atoms with van der Waals surface area (Å²) >= 11 is 0. The molecule has 0 aliphatic heterocycles. The second-order valence-electron chi connectivity index (χ2n) is 3.73. The summed E-state index contributed by atoms with van der Waals surface area (Å²) in [6.07, 6.45) is 3.89. The van der Waals surface area contributed by atoms with E-state index >= 15 is 0 Å². The molecular weight excluding hydrogens is 212 g/mol. The first-order valence-corrected chi connectivity index (χ1v) is 4.93. The van der Waals surface area contributed by atoms with E-state index in [0.717, 1.165) is 16.4 Å². The van der Waals surface area contributed by atoms with E-state index in [0.29, 0.717) is 12.8 Å². The van der Waals surface area contributed by atoms with Gasteiger partial charge >= 0.3 is 12.1 Å². The van der Waals surface area contributed by atoms with E-state index in [-0.39, 0.29) is 0 Å². The maximum atomic E-state index is 11.0. The molecule has 91 valence electrons. The maximum Gasteiger partial charge on any atom is 0.329 e. The monoisotopic (exact) mass is 229 g/mol. The van der Waals surface area contributed by atoms with Crippen molar-refractivity contribution in [2.45, 2.75) is 31.3 Å². The fraction of sp³-hybridized carbons (Fsp3) is 0.625. The van der Waals surface area contributed by atoms with Crippen molar-refractivity contribution in [1.82, 2.24) is 10.0 Å². The van der Waals surface area contributed by atoms with Gasteiger partial charge in [-0.2, -0.15) is 0 Å². The van der Waals surface area contributed by atoms with Crippen molar-refractivity contribution in [2.24, 2.45) is 23.2 Å². The summed E-state index contributed by atoms with van der Waals surface area (Å²) in [5.41, 5.74) is 10.2. The summed E-state index contributed by atoms with van der Waals surface area (Å²) in [5.74, 6) is 11.1. The fourth-order valence-corrected chi connectivity index (χ4v) is 1.88. The van der Waals surface area contributed by atoms with Crippen molar-refractivity contribution in [3.63, 3.8) is 0 Å². The van der Waals surface area contributed by atoms with Crippen molar-refractivity contribution >= 4 is 12.1 Å². The number of rotatable bonds is 2. The number of nitrogens with two attached hydrogens (primary N) is 4. The molecule has 8 nitrogen and oxygen atoms in total. The highest BCUT2D eigenvalue weighted by Crippen LogP contribution is 2.23. The predicted molar refractivity (Wildman–Crippen MR) is 56.9 cm³/mol. The van der Waals surface area contributed by atoms with Gasteiger partial charge in [0.2, 0.25) is 0 Å². The van der Waals surface area contributed by atoms with E-state index in [1.54, 1.807) is 0 Å². The molecule has 0 heterocycles. The highest BCUT2D eigenvalue weighted by atomic mass is 16.2. The largest absolute Gasteiger partial charge is 0.350 e. The third-order valence-electron chi connectivity index (χ3n) is 2.74. The Kier molecular flexibility index (Phi) is 3.91. The Bertz CT molecular complexity index is 256. The van der Waals surface area contributed by atoms with Crippen LogP contribution in [0, 0.1) is 6.42 Å². The summed E-state index contributed by atoms with van der Waals surface area (Å²) < 4.78 is 0. The molecule has 1 aliphatic rings. The van der Waals surface area contributed by atoms with E-state index in [4.69, 9.17) is 23.2 Å². The molecule has 1 saturated carbocycles. The highest BCUT2D eigenvalue weighted by Gasteiger charge is 2.35. The Morgan fingerprint density at radius 3 is 2.06 bits per heavy atom. The summed E-state index contributed by atoms with van der Waals surface area (Å²) in [4.78, 5) is 21.9. The van der Waals surface area contributed by atoms with Gasteiger partial charge in [0.1, 0.15) is 0 Å². The number of carbonyl (C=O) groups is 2. The van der Waals surface area contributed by atoms with Crippen LogP contribution < -0.4 is 23.2 Å².